The van der Waals surface area contributed by atoms with Crippen molar-refractivity contribution in [2.75, 3.05) is 32.7 Å². The molecule has 2 fully saturated rings. The molecule has 0 aromatic rings. The summed E-state index contributed by atoms with van der Waals surface area (Å²) in [6, 6.07) is 0.441. The van der Waals surface area contributed by atoms with Crippen molar-refractivity contribution in [3.8, 4) is 0 Å². The molecule has 2 rings (SSSR count). The zero-order valence-electron chi connectivity index (χ0n) is 8.34. The van der Waals surface area contributed by atoms with Crippen LogP contribution < -0.4 is 11.1 Å². The van der Waals surface area contributed by atoms with Crippen molar-refractivity contribution >= 4 is 0 Å². The molecule has 0 aromatic carbocycles. The number of hydrogen-bond acceptors (Lipinski definition) is 3. The van der Waals surface area contributed by atoms with Gasteiger partial charge in [-0.1, -0.05) is 0 Å². The number of nitrogens with two attached hydrogens (primary N) is 1. The average Bonchev–Trinajstić information content (AvgIpc) is 2.53. The van der Waals surface area contributed by atoms with Crippen molar-refractivity contribution in [3.05, 3.63) is 0 Å². The number of likely N-dealkylation sites (tertiary alicyclic amines) is 1. The van der Waals surface area contributed by atoms with Crippen LogP contribution in [0.25, 0.3) is 0 Å². The second kappa shape index (κ2) is 4.40. The van der Waals surface area contributed by atoms with E-state index < -0.39 is 0 Å². The maximum Gasteiger partial charge on any atom is 0.0180 e. The summed E-state index contributed by atoms with van der Waals surface area (Å²) in [6.07, 6.45) is 3.95. The molecular weight excluding hydrogens is 162 g/mol. The second-order valence-electron chi connectivity index (χ2n) is 4.52. The molecule has 3 nitrogen and oxygen atoms in total. The molecule has 0 radical (unpaired) electrons. The first-order valence-electron chi connectivity index (χ1n) is 5.53. The van der Waals surface area contributed by atoms with E-state index in [-0.39, 0.29) is 0 Å². The molecule has 0 aromatic heterocycles. The van der Waals surface area contributed by atoms with Gasteiger partial charge in [0.05, 0.1) is 0 Å². The van der Waals surface area contributed by atoms with E-state index in [0.717, 1.165) is 12.5 Å². The maximum atomic E-state index is 5.87. The number of nitrogens with one attached hydrogen (secondary N) is 1. The molecule has 1 unspecified atom stereocenters. The molecule has 2 heterocycles. The van der Waals surface area contributed by atoms with Gasteiger partial charge in [0, 0.05) is 19.1 Å². The van der Waals surface area contributed by atoms with Gasteiger partial charge >= 0.3 is 0 Å². The van der Waals surface area contributed by atoms with Crippen molar-refractivity contribution in [1.29, 1.82) is 0 Å². The van der Waals surface area contributed by atoms with Crippen LogP contribution in [0.15, 0.2) is 0 Å². The van der Waals surface area contributed by atoms with Crippen LogP contribution in [0.3, 0.4) is 0 Å². The summed E-state index contributed by atoms with van der Waals surface area (Å²) in [6.45, 7) is 6.04. The van der Waals surface area contributed by atoms with Crippen molar-refractivity contribution in [2.24, 2.45) is 11.7 Å². The van der Waals surface area contributed by atoms with Crippen LogP contribution in [0.1, 0.15) is 19.3 Å². The first-order chi connectivity index (χ1) is 6.34. The number of rotatable bonds is 2. The molecule has 0 saturated carbocycles. The highest BCUT2D eigenvalue weighted by atomic mass is 15.2. The Kier molecular flexibility index (Phi) is 3.19. The molecule has 0 bridgehead atoms. The first-order valence-corrected chi connectivity index (χ1v) is 5.53. The standard InChI is InChI=1S/C10H21N3/c11-10-3-5-13(8-10)7-9-2-1-4-12-6-9/h9-10,12H,1-8,11H2/t9?,10-/m1/s1. The smallest absolute Gasteiger partial charge is 0.0180 e. The summed E-state index contributed by atoms with van der Waals surface area (Å²) in [5, 5.41) is 3.46. The highest BCUT2D eigenvalue weighted by Gasteiger charge is 2.22. The third-order valence-corrected chi connectivity index (χ3v) is 3.22. The SMILES string of the molecule is N[C@@H]1CCN(CC2CCCNC2)C1. The van der Waals surface area contributed by atoms with E-state index in [4.69, 9.17) is 5.73 Å². The van der Waals surface area contributed by atoms with Gasteiger partial charge in [0.15, 0.2) is 0 Å². The molecule has 2 saturated heterocycles. The number of nitrogens with zero attached hydrogens (tertiary/aromatic N) is 1. The largest absolute Gasteiger partial charge is 0.326 e. The summed E-state index contributed by atoms with van der Waals surface area (Å²) >= 11 is 0. The Morgan fingerprint density at radius 1 is 1.38 bits per heavy atom. The molecule has 3 heteroatoms. The Morgan fingerprint density at radius 2 is 2.31 bits per heavy atom. The Hall–Kier alpha value is -0.120. The molecule has 0 amide bonds. The lowest BCUT2D eigenvalue weighted by Crippen LogP contribution is -2.38. The van der Waals surface area contributed by atoms with Crippen LogP contribution in [0.5, 0.6) is 0 Å². The van der Waals surface area contributed by atoms with E-state index in [1.54, 1.807) is 0 Å². The Labute approximate surface area is 80.7 Å². The van der Waals surface area contributed by atoms with Gasteiger partial charge in [-0.2, -0.15) is 0 Å². The van der Waals surface area contributed by atoms with Gasteiger partial charge in [0.25, 0.3) is 0 Å². The highest BCUT2D eigenvalue weighted by Crippen LogP contribution is 2.15. The van der Waals surface area contributed by atoms with E-state index in [1.165, 1.54) is 45.4 Å². The quantitative estimate of drug-likeness (QED) is 0.634. The van der Waals surface area contributed by atoms with E-state index >= 15 is 0 Å². The van der Waals surface area contributed by atoms with Crippen LogP contribution in [0.4, 0.5) is 0 Å². The Balaban J connectivity index is 1.71. The monoisotopic (exact) mass is 183 g/mol. The summed E-state index contributed by atoms with van der Waals surface area (Å²) < 4.78 is 0. The average molecular weight is 183 g/mol. The fourth-order valence-electron chi connectivity index (χ4n) is 2.47. The molecule has 2 aliphatic rings. The molecular formula is C10H21N3. The lowest BCUT2D eigenvalue weighted by Gasteiger charge is -2.27. The van der Waals surface area contributed by atoms with Crippen molar-refractivity contribution in [3.63, 3.8) is 0 Å². The zero-order chi connectivity index (χ0) is 9.10. The zero-order valence-corrected chi connectivity index (χ0v) is 8.34. The minimum atomic E-state index is 0.441. The van der Waals surface area contributed by atoms with Gasteiger partial charge in [-0.3, -0.25) is 0 Å². The van der Waals surface area contributed by atoms with E-state index in [0.29, 0.717) is 6.04 Å². The summed E-state index contributed by atoms with van der Waals surface area (Å²) in [4.78, 5) is 2.53. The lowest BCUT2D eigenvalue weighted by molar-refractivity contribution is 0.242. The van der Waals surface area contributed by atoms with Gasteiger partial charge in [0.1, 0.15) is 0 Å². The van der Waals surface area contributed by atoms with Gasteiger partial charge < -0.3 is 16.0 Å². The third-order valence-electron chi connectivity index (χ3n) is 3.22. The van der Waals surface area contributed by atoms with Crippen LogP contribution in [-0.2, 0) is 0 Å². The van der Waals surface area contributed by atoms with Gasteiger partial charge in [-0.05, 0) is 44.8 Å². The predicted octanol–water partition coefficient (Wildman–Crippen LogP) is 0.0190. The predicted molar refractivity (Wildman–Crippen MR) is 54.6 cm³/mol. The van der Waals surface area contributed by atoms with Gasteiger partial charge in [-0.15, -0.1) is 0 Å². The van der Waals surface area contributed by atoms with Crippen molar-refractivity contribution < 1.29 is 0 Å². The molecule has 2 aliphatic heterocycles. The van der Waals surface area contributed by atoms with E-state index in [2.05, 4.69) is 10.2 Å². The molecule has 13 heavy (non-hydrogen) atoms. The van der Waals surface area contributed by atoms with Crippen LogP contribution in [0, 0.1) is 5.92 Å². The minimum absolute atomic E-state index is 0.441. The van der Waals surface area contributed by atoms with Gasteiger partial charge in [-0.25, -0.2) is 0 Å². The summed E-state index contributed by atoms with van der Waals surface area (Å²) in [7, 11) is 0. The fourth-order valence-corrected chi connectivity index (χ4v) is 2.47. The van der Waals surface area contributed by atoms with Crippen LogP contribution in [0.2, 0.25) is 0 Å². The number of piperidine rings is 1. The molecule has 0 spiro atoms. The lowest BCUT2D eigenvalue weighted by atomic mass is 9.99. The molecule has 76 valence electrons. The normalized spacial score (nSPS) is 36.7. The maximum absolute atomic E-state index is 5.87. The second-order valence-corrected chi connectivity index (χ2v) is 4.52. The Bertz CT molecular complexity index is 151. The Morgan fingerprint density at radius 3 is 2.92 bits per heavy atom. The van der Waals surface area contributed by atoms with E-state index in [9.17, 15) is 0 Å². The number of hydrogen-bond donors (Lipinski definition) is 2. The summed E-state index contributed by atoms with van der Waals surface area (Å²) in [5.74, 6) is 0.874. The third kappa shape index (κ3) is 2.66. The van der Waals surface area contributed by atoms with Crippen molar-refractivity contribution in [1.82, 2.24) is 10.2 Å². The fraction of sp³-hybridized carbons (Fsp3) is 1.00. The topological polar surface area (TPSA) is 41.3 Å². The molecule has 3 N–H and O–H groups in total. The molecule has 2 atom stereocenters. The van der Waals surface area contributed by atoms with Gasteiger partial charge in [0.2, 0.25) is 0 Å². The van der Waals surface area contributed by atoms with Crippen molar-refractivity contribution in [2.45, 2.75) is 25.3 Å². The minimum Gasteiger partial charge on any atom is -0.326 e. The van der Waals surface area contributed by atoms with Crippen LogP contribution in [-0.4, -0.2) is 43.7 Å². The van der Waals surface area contributed by atoms with E-state index in [1.807, 2.05) is 0 Å². The molecule has 0 aliphatic carbocycles. The summed E-state index contributed by atoms with van der Waals surface area (Å²) in [5.41, 5.74) is 5.87. The first kappa shape index (κ1) is 9.44. The highest BCUT2D eigenvalue weighted by molar-refractivity contribution is 4.81. The van der Waals surface area contributed by atoms with Crippen LogP contribution >= 0.6 is 0 Å².